The lowest BCUT2D eigenvalue weighted by molar-refractivity contribution is -0.130. The maximum atomic E-state index is 12.9. The predicted octanol–water partition coefficient (Wildman–Crippen LogP) is 3.57. The number of fused-ring (bicyclic) bond motifs is 1. The van der Waals surface area contributed by atoms with Gasteiger partial charge in [0.2, 0.25) is 11.8 Å². The Labute approximate surface area is 182 Å². The zero-order valence-electron chi connectivity index (χ0n) is 17.4. The summed E-state index contributed by atoms with van der Waals surface area (Å²) in [4.78, 5) is 31.4. The van der Waals surface area contributed by atoms with E-state index in [1.165, 1.54) is 6.08 Å². The van der Waals surface area contributed by atoms with Crippen molar-refractivity contribution in [2.45, 2.75) is 13.1 Å². The van der Waals surface area contributed by atoms with Crippen LogP contribution in [0.2, 0.25) is 0 Å². The lowest BCUT2D eigenvalue weighted by atomic mass is 10.2. The van der Waals surface area contributed by atoms with Gasteiger partial charge in [-0.3, -0.25) is 9.59 Å². The minimum atomic E-state index is -0.228. The van der Waals surface area contributed by atoms with Crippen molar-refractivity contribution < 1.29 is 9.59 Å². The van der Waals surface area contributed by atoms with Crippen molar-refractivity contribution in [1.29, 1.82) is 0 Å². The van der Waals surface area contributed by atoms with Gasteiger partial charge in [-0.05, 0) is 23.8 Å². The van der Waals surface area contributed by atoms with E-state index in [1.54, 1.807) is 23.1 Å². The van der Waals surface area contributed by atoms with Crippen molar-refractivity contribution in [1.82, 2.24) is 19.8 Å². The minimum Gasteiger partial charge on any atom is -0.345 e. The van der Waals surface area contributed by atoms with Gasteiger partial charge in [-0.1, -0.05) is 54.6 Å². The molecule has 1 aromatic heterocycles. The Morgan fingerprint density at radius 2 is 1.68 bits per heavy atom. The van der Waals surface area contributed by atoms with Crippen LogP contribution < -0.4 is 5.32 Å². The summed E-state index contributed by atoms with van der Waals surface area (Å²) in [6.45, 7) is 8.64. The number of aromatic nitrogens is 2. The van der Waals surface area contributed by atoms with Crippen LogP contribution in [0.4, 0.5) is 0 Å². The van der Waals surface area contributed by atoms with Crippen LogP contribution >= 0.6 is 0 Å². The quantitative estimate of drug-likeness (QED) is 0.407. The SMILES string of the molecule is C=CCN(CC=C)C(=O)Cn1c(CNC(=O)/C=C\c2ccccc2)nc2ccccc21. The Morgan fingerprint density at radius 3 is 2.39 bits per heavy atom. The molecule has 0 aliphatic heterocycles. The second-order valence-electron chi connectivity index (χ2n) is 6.94. The summed E-state index contributed by atoms with van der Waals surface area (Å²) < 4.78 is 1.85. The molecule has 6 nitrogen and oxygen atoms in total. The first-order valence-electron chi connectivity index (χ1n) is 10.1. The molecule has 0 saturated heterocycles. The molecule has 3 rings (SSSR count). The maximum absolute atomic E-state index is 12.9. The smallest absolute Gasteiger partial charge is 0.244 e. The largest absolute Gasteiger partial charge is 0.345 e. The molecule has 0 spiro atoms. The van der Waals surface area contributed by atoms with Gasteiger partial charge in [0.05, 0.1) is 17.6 Å². The summed E-state index contributed by atoms with van der Waals surface area (Å²) >= 11 is 0. The topological polar surface area (TPSA) is 67.2 Å². The lowest BCUT2D eigenvalue weighted by Gasteiger charge is -2.20. The summed E-state index contributed by atoms with van der Waals surface area (Å²) in [6.07, 6.45) is 6.62. The zero-order chi connectivity index (χ0) is 22.1. The standard InChI is InChI=1S/C25H26N4O2/c1-3-16-28(17-4-2)25(31)19-29-22-13-9-8-12-21(22)27-23(29)18-26-24(30)15-14-20-10-6-5-7-11-20/h3-15H,1-2,16-19H2,(H,26,30)/b15-14-. The monoisotopic (exact) mass is 414 g/mol. The Hall–Kier alpha value is -3.93. The van der Waals surface area contributed by atoms with E-state index in [0.717, 1.165) is 16.6 Å². The molecule has 31 heavy (non-hydrogen) atoms. The molecule has 2 amide bonds. The fraction of sp³-hybridized carbons (Fsp3) is 0.160. The van der Waals surface area contributed by atoms with Gasteiger partial charge in [-0.25, -0.2) is 4.98 Å². The predicted molar refractivity (Wildman–Crippen MR) is 124 cm³/mol. The molecule has 1 N–H and O–H groups in total. The maximum Gasteiger partial charge on any atom is 0.244 e. The lowest BCUT2D eigenvalue weighted by Crippen LogP contribution is -2.35. The molecule has 2 aromatic carbocycles. The zero-order valence-corrected chi connectivity index (χ0v) is 17.4. The van der Waals surface area contributed by atoms with E-state index in [0.29, 0.717) is 18.9 Å². The van der Waals surface area contributed by atoms with Crippen molar-refractivity contribution in [3.05, 3.63) is 97.4 Å². The van der Waals surface area contributed by atoms with Crippen LogP contribution in [0, 0.1) is 0 Å². The molecule has 3 aromatic rings. The van der Waals surface area contributed by atoms with Gasteiger partial charge in [-0.15, -0.1) is 13.2 Å². The third kappa shape index (κ3) is 5.79. The van der Waals surface area contributed by atoms with Crippen LogP contribution in [-0.2, 0) is 22.7 Å². The highest BCUT2D eigenvalue weighted by Crippen LogP contribution is 2.16. The van der Waals surface area contributed by atoms with Crippen LogP contribution in [0.3, 0.4) is 0 Å². The molecule has 158 valence electrons. The van der Waals surface area contributed by atoms with E-state index >= 15 is 0 Å². The number of para-hydroxylation sites is 2. The first kappa shape index (κ1) is 21.8. The van der Waals surface area contributed by atoms with Crippen LogP contribution in [0.15, 0.2) is 86.0 Å². The number of hydrogen-bond acceptors (Lipinski definition) is 3. The van der Waals surface area contributed by atoms with Crippen molar-refractivity contribution in [3.8, 4) is 0 Å². The van der Waals surface area contributed by atoms with Crippen molar-refractivity contribution in [2.24, 2.45) is 0 Å². The van der Waals surface area contributed by atoms with E-state index in [2.05, 4.69) is 23.5 Å². The van der Waals surface area contributed by atoms with Crippen LogP contribution in [0.5, 0.6) is 0 Å². The number of rotatable bonds is 10. The summed E-state index contributed by atoms with van der Waals surface area (Å²) in [5.74, 6) is 0.321. The summed E-state index contributed by atoms with van der Waals surface area (Å²) in [6, 6.07) is 17.2. The number of imidazole rings is 1. The van der Waals surface area contributed by atoms with Gasteiger partial charge < -0.3 is 14.8 Å². The Morgan fingerprint density at radius 1 is 1.00 bits per heavy atom. The Bertz CT molecular complexity index is 1090. The Kier molecular flexibility index (Phi) is 7.54. The molecule has 0 radical (unpaired) electrons. The van der Waals surface area contributed by atoms with Crippen molar-refractivity contribution in [3.63, 3.8) is 0 Å². The van der Waals surface area contributed by atoms with Crippen LogP contribution in [0.1, 0.15) is 11.4 Å². The highest BCUT2D eigenvalue weighted by molar-refractivity contribution is 5.91. The summed E-state index contributed by atoms with van der Waals surface area (Å²) in [5.41, 5.74) is 2.57. The number of carbonyl (C=O) groups is 2. The number of nitrogens with one attached hydrogen (secondary N) is 1. The average molecular weight is 415 g/mol. The fourth-order valence-corrected chi connectivity index (χ4v) is 3.22. The van der Waals surface area contributed by atoms with E-state index in [-0.39, 0.29) is 24.9 Å². The molecule has 0 atom stereocenters. The first-order valence-corrected chi connectivity index (χ1v) is 10.1. The minimum absolute atomic E-state index is 0.0699. The number of nitrogens with zero attached hydrogens (tertiary/aromatic N) is 3. The summed E-state index contributed by atoms with van der Waals surface area (Å²) in [7, 11) is 0. The van der Waals surface area contributed by atoms with E-state index in [1.807, 2.05) is 59.2 Å². The fourth-order valence-electron chi connectivity index (χ4n) is 3.22. The van der Waals surface area contributed by atoms with Crippen LogP contribution in [0.25, 0.3) is 17.1 Å². The highest BCUT2D eigenvalue weighted by atomic mass is 16.2. The van der Waals surface area contributed by atoms with Gasteiger partial charge in [0.1, 0.15) is 12.4 Å². The second-order valence-corrected chi connectivity index (χ2v) is 6.94. The van der Waals surface area contributed by atoms with Crippen molar-refractivity contribution in [2.75, 3.05) is 13.1 Å². The number of carbonyl (C=O) groups excluding carboxylic acids is 2. The highest BCUT2D eigenvalue weighted by Gasteiger charge is 2.17. The first-order chi connectivity index (χ1) is 15.1. The summed E-state index contributed by atoms with van der Waals surface area (Å²) in [5, 5.41) is 2.86. The van der Waals surface area contributed by atoms with Gasteiger partial charge >= 0.3 is 0 Å². The molecule has 0 unspecified atom stereocenters. The van der Waals surface area contributed by atoms with E-state index < -0.39 is 0 Å². The van der Waals surface area contributed by atoms with Gasteiger partial charge in [0, 0.05) is 19.2 Å². The molecular weight excluding hydrogens is 388 g/mol. The molecular formula is C25H26N4O2. The normalized spacial score (nSPS) is 10.8. The number of hydrogen-bond donors (Lipinski definition) is 1. The average Bonchev–Trinajstić information content (AvgIpc) is 3.14. The van der Waals surface area contributed by atoms with Crippen molar-refractivity contribution >= 4 is 28.9 Å². The second kappa shape index (κ2) is 10.7. The van der Waals surface area contributed by atoms with Gasteiger partial charge in [0.15, 0.2) is 0 Å². The third-order valence-corrected chi connectivity index (χ3v) is 4.73. The van der Waals surface area contributed by atoms with Gasteiger partial charge in [0.25, 0.3) is 0 Å². The molecule has 0 saturated carbocycles. The molecule has 0 fully saturated rings. The Balaban J connectivity index is 1.76. The van der Waals surface area contributed by atoms with Crippen LogP contribution in [-0.4, -0.2) is 39.4 Å². The molecule has 0 aliphatic carbocycles. The number of benzene rings is 2. The molecule has 0 aliphatic rings. The third-order valence-electron chi connectivity index (χ3n) is 4.73. The van der Waals surface area contributed by atoms with Gasteiger partial charge in [-0.2, -0.15) is 0 Å². The number of amides is 2. The molecule has 0 bridgehead atoms. The molecule has 1 heterocycles. The van der Waals surface area contributed by atoms with E-state index in [9.17, 15) is 9.59 Å². The molecule has 6 heteroatoms. The van der Waals surface area contributed by atoms with E-state index in [4.69, 9.17) is 0 Å².